The minimum Gasteiger partial charge on any atom is -0.314 e. The van der Waals surface area contributed by atoms with Gasteiger partial charge in [0.1, 0.15) is 11.9 Å². The van der Waals surface area contributed by atoms with Crippen molar-refractivity contribution in [3.05, 3.63) is 35.6 Å². The van der Waals surface area contributed by atoms with Gasteiger partial charge in [-0.2, -0.15) is 13.2 Å². The maximum absolute atomic E-state index is 13.1. The highest BCUT2D eigenvalue weighted by atomic mass is 35.5. The number of piperazine rings is 1. The zero-order chi connectivity index (χ0) is 13.2. The molecule has 1 fully saturated rings. The first kappa shape index (κ1) is 16.2. The Bertz CT molecular complexity index is 388. The van der Waals surface area contributed by atoms with Crippen molar-refractivity contribution in [1.82, 2.24) is 10.2 Å². The molecule has 0 aromatic heterocycles. The molecule has 7 heteroatoms. The monoisotopic (exact) mass is 298 g/mol. The van der Waals surface area contributed by atoms with Crippen LogP contribution in [-0.4, -0.2) is 37.3 Å². The lowest BCUT2D eigenvalue weighted by atomic mass is 10.0. The average Bonchev–Trinajstić information content (AvgIpc) is 2.32. The van der Waals surface area contributed by atoms with Crippen molar-refractivity contribution in [3.63, 3.8) is 0 Å². The molecule has 0 unspecified atom stereocenters. The zero-order valence-corrected chi connectivity index (χ0v) is 10.9. The maximum Gasteiger partial charge on any atom is 0.408 e. The van der Waals surface area contributed by atoms with Gasteiger partial charge < -0.3 is 5.32 Å². The Morgan fingerprint density at radius 1 is 1.05 bits per heavy atom. The first-order valence-corrected chi connectivity index (χ1v) is 5.75. The molecule has 108 valence electrons. The first-order chi connectivity index (χ1) is 8.48. The number of hydrogen-bond acceptors (Lipinski definition) is 2. The Hall–Kier alpha value is -0.850. The van der Waals surface area contributed by atoms with Gasteiger partial charge in [-0.25, -0.2) is 4.39 Å². The fourth-order valence-corrected chi connectivity index (χ4v) is 2.19. The van der Waals surface area contributed by atoms with Gasteiger partial charge in [-0.1, -0.05) is 12.1 Å². The Kier molecular flexibility index (Phi) is 5.58. The molecule has 1 aliphatic heterocycles. The van der Waals surface area contributed by atoms with Crippen LogP contribution in [-0.2, 0) is 0 Å². The molecule has 0 bridgehead atoms. The highest BCUT2D eigenvalue weighted by molar-refractivity contribution is 5.85. The number of alkyl halides is 3. The van der Waals surface area contributed by atoms with Crippen molar-refractivity contribution >= 4 is 12.4 Å². The second kappa shape index (κ2) is 6.54. The number of hydrogen-bond donors (Lipinski definition) is 1. The number of benzene rings is 1. The van der Waals surface area contributed by atoms with Gasteiger partial charge in [-0.15, -0.1) is 12.4 Å². The van der Waals surface area contributed by atoms with Gasteiger partial charge in [0.05, 0.1) is 0 Å². The van der Waals surface area contributed by atoms with Gasteiger partial charge in [-0.3, -0.25) is 4.90 Å². The van der Waals surface area contributed by atoms with Crippen LogP contribution < -0.4 is 5.32 Å². The molecule has 0 radical (unpaired) electrons. The lowest BCUT2D eigenvalue weighted by molar-refractivity contribution is -0.187. The van der Waals surface area contributed by atoms with Crippen molar-refractivity contribution in [2.45, 2.75) is 12.2 Å². The van der Waals surface area contributed by atoms with E-state index < -0.39 is 18.0 Å². The lowest BCUT2D eigenvalue weighted by Crippen LogP contribution is -2.49. The van der Waals surface area contributed by atoms with E-state index in [-0.39, 0.29) is 18.0 Å². The molecule has 2 nitrogen and oxygen atoms in total. The van der Waals surface area contributed by atoms with Crippen molar-refractivity contribution < 1.29 is 17.6 Å². The Labute approximate surface area is 115 Å². The minimum atomic E-state index is -4.35. The van der Waals surface area contributed by atoms with E-state index in [9.17, 15) is 17.6 Å². The summed E-state index contributed by atoms with van der Waals surface area (Å²) in [6.45, 7) is 1.74. The summed E-state index contributed by atoms with van der Waals surface area (Å²) in [5.74, 6) is -0.528. The summed E-state index contributed by atoms with van der Waals surface area (Å²) in [4.78, 5) is 1.38. The zero-order valence-electron chi connectivity index (χ0n) is 10.1. The Balaban J connectivity index is 0.00000180. The highest BCUT2D eigenvalue weighted by Gasteiger charge is 2.44. The number of nitrogens with one attached hydrogen (secondary N) is 1. The van der Waals surface area contributed by atoms with E-state index in [1.807, 2.05) is 0 Å². The van der Waals surface area contributed by atoms with E-state index in [0.717, 1.165) is 12.1 Å². The summed E-state index contributed by atoms with van der Waals surface area (Å²) >= 11 is 0. The Morgan fingerprint density at radius 2 is 1.58 bits per heavy atom. The van der Waals surface area contributed by atoms with Crippen LogP contribution in [0.4, 0.5) is 17.6 Å². The molecule has 0 aliphatic carbocycles. The van der Waals surface area contributed by atoms with Gasteiger partial charge in [0.25, 0.3) is 0 Å². The molecule has 0 spiro atoms. The molecule has 1 saturated heterocycles. The molecule has 0 amide bonds. The lowest BCUT2D eigenvalue weighted by Gasteiger charge is -2.36. The summed E-state index contributed by atoms with van der Waals surface area (Å²) in [6.07, 6.45) is -4.35. The summed E-state index contributed by atoms with van der Waals surface area (Å²) in [6, 6.07) is 2.89. The summed E-state index contributed by atoms with van der Waals surface area (Å²) in [7, 11) is 0. The molecule has 1 atom stereocenters. The van der Waals surface area contributed by atoms with Crippen molar-refractivity contribution in [3.8, 4) is 0 Å². The molecule has 1 aromatic carbocycles. The SMILES string of the molecule is Cl.Fc1ccc([C@@H](N2CCNCC2)C(F)(F)F)cc1. The normalized spacial score (nSPS) is 18.7. The molecule has 19 heavy (non-hydrogen) atoms. The predicted octanol–water partition coefficient (Wildman–Crippen LogP) is 2.76. The number of rotatable bonds is 2. The van der Waals surface area contributed by atoms with Gasteiger partial charge in [0.2, 0.25) is 0 Å². The molecule has 2 rings (SSSR count). The van der Waals surface area contributed by atoms with E-state index in [4.69, 9.17) is 0 Å². The fourth-order valence-electron chi connectivity index (χ4n) is 2.19. The Morgan fingerprint density at radius 3 is 2.05 bits per heavy atom. The fraction of sp³-hybridized carbons (Fsp3) is 0.500. The van der Waals surface area contributed by atoms with Crippen LogP contribution in [0.3, 0.4) is 0 Å². The van der Waals surface area contributed by atoms with Crippen LogP contribution in [0.25, 0.3) is 0 Å². The molecule has 1 aliphatic rings. The van der Waals surface area contributed by atoms with E-state index >= 15 is 0 Å². The van der Waals surface area contributed by atoms with Crippen LogP contribution in [0, 0.1) is 5.82 Å². The standard InChI is InChI=1S/C12H14F4N2.ClH/c13-10-3-1-9(2-4-10)11(12(14,15)16)18-7-5-17-6-8-18;/h1-4,11,17H,5-8H2;1H/t11-;/m1./s1. The summed E-state index contributed by atoms with van der Waals surface area (Å²) in [5, 5.41) is 3.01. The molecular weight excluding hydrogens is 284 g/mol. The third-order valence-electron chi connectivity index (χ3n) is 3.01. The van der Waals surface area contributed by atoms with Crippen LogP contribution in [0.15, 0.2) is 24.3 Å². The van der Waals surface area contributed by atoms with Crippen molar-refractivity contribution in [2.24, 2.45) is 0 Å². The van der Waals surface area contributed by atoms with Crippen molar-refractivity contribution in [2.75, 3.05) is 26.2 Å². The van der Waals surface area contributed by atoms with Crippen LogP contribution >= 0.6 is 12.4 Å². The smallest absolute Gasteiger partial charge is 0.314 e. The second-order valence-corrected chi connectivity index (χ2v) is 4.28. The van der Waals surface area contributed by atoms with E-state index in [1.54, 1.807) is 0 Å². The van der Waals surface area contributed by atoms with Gasteiger partial charge in [0.15, 0.2) is 0 Å². The third-order valence-corrected chi connectivity index (χ3v) is 3.01. The third kappa shape index (κ3) is 4.06. The molecular formula is C12H15ClF4N2. The van der Waals surface area contributed by atoms with E-state index in [1.165, 1.54) is 17.0 Å². The van der Waals surface area contributed by atoms with E-state index in [0.29, 0.717) is 26.2 Å². The molecule has 0 saturated carbocycles. The van der Waals surface area contributed by atoms with E-state index in [2.05, 4.69) is 5.32 Å². The minimum absolute atomic E-state index is 0. The topological polar surface area (TPSA) is 15.3 Å². The molecule has 1 heterocycles. The highest BCUT2D eigenvalue weighted by Crippen LogP contribution is 2.37. The summed E-state index contributed by atoms with van der Waals surface area (Å²) < 4.78 is 52.2. The van der Waals surface area contributed by atoms with Crippen LogP contribution in [0.5, 0.6) is 0 Å². The average molecular weight is 299 g/mol. The predicted molar refractivity (Wildman–Crippen MR) is 66.9 cm³/mol. The molecule has 1 aromatic rings. The van der Waals surface area contributed by atoms with Gasteiger partial charge in [0, 0.05) is 26.2 Å². The van der Waals surface area contributed by atoms with Crippen LogP contribution in [0.1, 0.15) is 11.6 Å². The quantitative estimate of drug-likeness (QED) is 0.845. The number of halogens is 5. The summed E-state index contributed by atoms with van der Waals surface area (Å²) in [5.41, 5.74) is 0.0887. The van der Waals surface area contributed by atoms with Crippen molar-refractivity contribution in [1.29, 1.82) is 0 Å². The van der Waals surface area contributed by atoms with Gasteiger partial charge in [-0.05, 0) is 17.7 Å². The van der Waals surface area contributed by atoms with Gasteiger partial charge >= 0.3 is 6.18 Å². The first-order valence-electron chi connectivity index (χ1n) is 5.75. The second-order valence-electron chi connectivity index (χ2n) is 4.28. The number of nitrogens with zero attached hydrogens (tertiary/aromatic N) is 1. The van der Waals surface area contributed by atoms with Crippen LogP contribution in [0.2, 0.25) is 0 Å². The molecule has 1 N–H and O–H groups in total. The largest absolute Gasteiger partial charge is 0.408 e. The maximum atomic E-state index is 13.1.